The summed E-state index contributed by atoms with van der Waals surface area (Å²) in [5.41, 5.74) is 2.27. The summed E-state index contributed by atoms with van der Waals surface area (Å²) in [5, 5.41) is 2.52. The van der Waals surface area contributed by atoms with Crippen LogP contribution in [0, 0.1) is 13.8 Å². The predicted octanol–water partition coefficient (Wildman–Crippen LogP) is 2.16. The van der Waals surface area contributed by atoms with Gasteiger partial charge in [-0.1, -0.05) is 6.07 Å². The molecule has 0 aliphatic carbocycles. The number of carbonyl (C=O) groups excluding carboxylic acids is 2. The Morgan fingerprint density at radius 1 is 1.21 bits per heavy atom. The lowest BCUT2D eigenvalue weighted by Gasteiger charge is -2.18. The summed E-state index contributed by atoms with van der Waals surface area (Å²) < 4.78 is 10.6. The number of benzene rings is 1. The van der Waals surface area contributed by atoms with Gasteiger partial charge in [-0.05, 0) is 49.2 Å². The molecule has 1 heterocycles. The third-order valence-corrected chi connectivity index (χ3v) is 3.46. The Kier molecular flexibility index (Phi) is 6.01. The van der Waals surface area contributed by atoms with E-state index < -0.39 is 5.91 Å². The Balaban J connectivity index is 1.72. The zero-order chi connectivity index (χ0) is 17.5. The minimum absolute atomic E-state index is 0.0837. The van der Waals surface area contributed by atoms with Crippen molar-refractivity contribution in [3.8, 4) is 5.75 Å². The number of ether oxygens (including phenoxy) is 1. The lowest BCUT2D eigenvalue weighted by molar-refractivity contribution is -0.129. The molecule has 2 aromatic rings. The van der Waals surface area contributed by atoms with E-state index in [2.05, 4.69) is 11.4 Å². The van der Waals surface area contributed by atoms with Crippen molar-refractivity contribution in [2.75, 3.05) is 26.7 Å². The number of nitrogens with zero attached hydrogens (tertiary/aromatic N) is 1. The van der Waals surface area contributed by atoms with Crippen LogP contribution in [-0.4, -0.2) is 43.5 Å². The van der Waals surface area contributed by atoms with Gasteiger partial charge in [0.15, 0.2) is 5.76 Å². The van der Waals surface area contributed by atoms with E-state index in [0.29, 0.717) is 13.2 Å². The molecule has 0 radical (unpaired) electrons. The first-order valence-electron chi connectivity index (χ1n) is 7.72. The van der Waals surface area contributed by atoms with Crippen molar-refractivity contribution in [2.45, 2.75) is 13.8 Å². The molecule has 1 N–H and O–H groups in total. The van der Waals surface area contributed by atoms with Crippen LogP contribution in [-0.2, 0) is 4.79 Å². The largest absolute Gasteiger partial charge is 0.492 e. The summed E-state index contributed by atoms with van der Waals surface area (Å²) in [5.74, 6) is 0.371. The summed E-state index contributed by atoms with van der Waals surface area (Å²) in [6.07, 6.45) is 1.41. The summed E-state index contributed by atoms with van der Waals surface area (Å²) in [4.78, 5) is 25.2. The quantitative estimate of drug-likeness (QED) is 0.844. The SMILES string of the molecule is Cc1cc(C)cc(OCCN(C)C(=O)CNC(=O)c2ccco2)c1. The van der Waals surface area contributed by atoms with Gasteiger partial charge in [0.2, 0.25) is 5.91 Å². The molecule has 0 unspecified atom stereocenters. The van der Waals surface area contributed by atoms with Crippen LogP contribution in [0.4, 0.5) is 0 Å². The Bertz CT molecular complexity index is 675. The van der Waals surface area contributed by atoms with Gasteiger partial charge in [-0.25, -0.2) is 0 Å². The van der Waals surface area contributed by atoms with Gasteiger partial charge in [-0.3, -0.25) is 9.59 Å². The van der Waals surface area contributed by atoms with E-state index in [1.165, 1.54) is 11.2 Å². The van der Waals surface area contributed by atoms with E-state index in [1.54, 1.807) is 19.2 Å². The van der Waals surface area contributed by atoms with Gasteiger partial charge in [0.05, 0.1) is 19.4 Å². The van der Waals surface area contributed by atoms with Crippen LogP contribution in [0.25, 0.3) is 0 Å². The van der Waals surface area contributed by atoms with Crippen LogP contribution in [0.1, 0.15) is 21.7 Å². The number of hydrogen-bond acceptors (Lipinski definition) is 4. The second-order valence-corrected chi connectivity index (χ2v) is 5.65. The zero-order valence-electron chi connectivity index (χ0n) is 14.2. The summed E-state index contributed by atoms with van der Waals surface area (Å²) in [7, 11) is 1.67. The number of nitrogens with one attached hydrogen (secondary N) is 1. The molecule has 24 heavy (non-hydrogen) atoms. The van der Waals surface area contributed by atoms with Crippen LogP contribution >= 0.6 is 0 Å². The molecule has 6 nitrogen and oxygen atoms in total. The topological polar surface area (TPSA) is 71.8 Å². The van der Waals surface area contributed by atoms with Crippen LogP contribution in [0.3, 0.4) is 0 Å². The first kappa shape index (κ1) is 17.6. The molecule has 6 heteroatoms. The summed E-state index contributed by atoms with van der Waals surface area (Å²) in [6.45, 7) is 4.76. The molecule has 0 spiro atoms. The number of rotatable bonds is 7. The molecule has 0 fully saturated rings. The molecule has 0 aliphatic heterocycles. The Hall–Kier alpha value is -2.76. The fourth-order valence-corrected chi connectivity index (χ4v) is 2.23. The lowest BCUT2D eigenvalue weighted by atomic mass is 10.1. The van der Waals surface area contributed by atoms with Crippen LogP contribution in [0.15, 0.2) is 41.0 Å². The number of carbonyl (C=O) groups is 2. The molecule has 1 aromatic carbocycles. The van der Waals surface area contributed by atoms with Crippen molar-refractivity contribution in [1.82, 2.24) is 10.2 Å². The number of aryl methyl sites for hydroxylation is 2. The third kappa shape index (κ3) is 5.15. The van der Waals surface area contributed by atoms with Gasteiger partial charge in [0, 0.05) is 7.05 Å². The van der Waals surface area contributed by atoms with Crippen molar-refractivity contribution >= 4 is 11.8 Å². The average molecular weight is 330 g/mol. The van der Waals surface area contributed by atoms with E-state index in [1.807, 2.05) is 26.0 Å². The van der Waals surface area contributed by atoms with Crippen molar-refractivity contribution in [3.05, 3.63) is 53.5 Å². The van der Waals surface area contributed by atoms with Crippen LogP contribution < -0.4 is 10.1 Å². The highest BCUT2D eigenvalue weighted by Gasteiger charge is 2.13. The highest BCUT2D eigenvalue weighted by atomic mass is 16.5. The second kappa shape index (κ2) is 8.19. The number of hydrogen-bond donors (Lipinski definition) is 1. The minimum Gasteiger partial charge on any atom is -0.492 e. The molecule has 1 aromatic heterocycles. The standard InChI is InChI=1S/C18H22N2O4/c1-13-9-14(2)11-15(10-13)23-8-6-20(3)17(21)12-19-18(22)16-5-4-7-24-16/h4-5,7,9-11H,6,8,12H2,1-3H3,(H,19,22). The van der Waals surface area contributed by atoms with Crippen molar-refractivity contribution < 1.29 is 18.7 Å². The van der Waals surface area contributed by atoms with Crippen molar-refractivity contribution in [1.29, 1.82) is 0 Å². The normalized spacial score (nSPS) is 10.3. The Morgan fingerprint density at radius 2 is 1.92 bits per heavy atom. The fourth-order valence-electron chi connectivity index (χ4n) is 2.23. The van der Waals surface area contributed by atoms with E-state index >= 15 is 0 Å². The van der Waals surface area contributed by atoms with Crippen molar-refractivity contribution in [3.63, 3.8) is 0 Å². The molecule has 2 amide bonds. The molecule has 2 rings (SSSR count). The van der Waals surface area contributed by atoms with Gasteiger partial charge < -0.3 is 19.4 Å². The Labute approximate surface area is 141 Å². The maximum absolute atomic E-state index is 12.0. The average Bonchev–Trinajstić information content (AvgIpc) is 3.05. The first-order chi connectivity index (χ1) is 11.5. The summed E-state index contributed by atoms with van der Waals surface area (Å²) in [6, 6.07) is 9.15. The molecular formula is C18H22N2O4. The van der Waals surface area contributed by atoms with Crippen LogP contribution in [0.2, 0.25) is 0 Å². The zero-order valence-corrected chi connectivity index (χ0v) is 14.2. The van der Waals surface area contributed by atoms with E-state index in [9.17, 15) is 9.59 Å². The van der Waals surface area contributed by atoms with E-state index in [-0.39, 0.29) is 18.2 Å². The molecule has 0 saturated heterocycles. The van der Waals surface area contributed by atoms with Gasteiger partial charge >= 0.3 is 0 Å². The highest BCUT2D eigenvalue weighted by Crippen LogP contribution is 2.15. The molecule has 0 saturated carbocycles. The molecule has 0 aliphatic rings. The Morgan fingerprint density at radius 3 is 2.54 bits per heavy atom. The minimum atomic E-state index is -0.409. The van der Waals surface area contributed by atoms with Crippen LogP contribution in [0.5, 0.6) is 5.75 Å². The number of amides is 2. The summed E-state index contributed by atoms with van der Waals surface area (Å²) >= 11 is 0. The maximum atomic E-state index is 12.0. The van der Waals surface area contributed by atoms with Crippen molar-refractivity contribution in [2.24, 2.45) is 0 Å². The van der Waals surface area contributed by atoms with Gasteiger partial charge in [0.25, 0.3) is 5.91 Å². The molecule has 0 bridgehead atoms. The molecular weight excluding hydrogens is 308 g/mol. The molecule has 128 valence electrons. The second-order valence-electron chi connectivity index (χ2n) is 5.65. The van der Waals surface area contributed by atoms with Gasteiger partial charge in [0.1, 0.15) is 12.4 Å². The van der Waals surface area contributed by atoms with Gasteiger partial charge in [-0.15, -0.1) is 0 Å². The number of furan rings is 1. The third-order valence-electron chi connectivity index (χ3n) is 3.46. The first-order valence-corrected chi connectivity index (χ1v) is 7.72. The predicted molar refractivity (Wildman–Crippen MR) is 90.1 cm³/mol. The maximum Gasteiger partial charge on any atom is 0.287 e. The van der Waals surface area contributed by atoms with E-state index in [4.69, 9.17) is 9.15 Å². The monoisotopic (exact) mass is 330 g/mol. The lowest BCUT2D eigenvalue weighted by Crippen LogP contribution is -2.39. The van der Waals surface area contributed by atoms with Gasteiger partial charge in [-0.2, -0.15) is 0 Å². The number of likely N-dealkylation sites (N-methyl/N-ethyl adjacent to an activating group) is 1. The molecule has 0 atom stereocenters. The van der Waals surface area contributed by atoms with E-state index in [0.717, 1.165) is 16.9 Å². The highest BCUT2D eigenvalue weighted by molar-refractivity contribution is 5.94. The smallest absolute Gasteiger partial charge is 0.287 e. The fraction of sp³-hybridized carbons (Fsp3) is 0.333.